The minimum Gasteiger partial charge on any atom is -0.336 e. The highest BCUT2D eigenvalue weighted by molar-refractivity contribution is 8.00. The summed E-state index contributed by atoms with van der Waals surface area (Å²) in [6.45, 7) is 7.93. The number of thioether (sulfide) groups is 1. The quantitative estimate of drug-likeness (QED) is 0.786. The molecule has 2 heterocycles. The molecule has 0 atom stereocenters. The molecule has 19 heavy (non-hydrogen) atoms. The lowest BCUT2D eigenvalue weighted by Gasteiger charge is -2.37. The van der Waals surface area contributed by atoms with Gasteiger partial charge in [-0.3, -0.25) is 4.79 Å². The number of aryl methyl sites for hydroxylation is 1. The maximum absolute atomic E-state index is 12.5. The topological polar surface area (TPSA) is 33.2 Å². The Morgan fingerprint density at radius 3 is 2.89 bits per heavy atom. The molecule has 0 saturated carbocycles. The molecule has 0 spiro atoms. The summed E-state index contributed by atoms with van der Waals surface area (Å²) >= 11 is 7.90. The van der Waals surface area contributed by atoms with Gasteiger partial charge in [0.25, 0.3) is 5.91 Å². The van der Waals surface area contributed by atoms with Crippen LogP contribution in [0, 0.1) is 0 Å². The Hall–Kier alpha value is -0.740. The van der Waals surface area contributed by atoms with Crippen molar-refractivity contribution < 1.29 is 4.79 Å². The molecule has 1 aliphatic heterocycles. The number of carbonyl (C=O) groups excluding carboxylic acids is 1. The molecule has 1 aromatic heterocycles. The van der Waals surface area contributed by atoms with Crippen molar-refractivity contribution in [2.24, 2.45) is 0 Å². The van der Waals surface area contributed by atoms with Crippen LogP contribution in [0.1, 0.15) is 36.8 Å². The van der Waals surface area contributed by atoms with Gasteiger partial charge in [-0.05, 0) is 32.4 Å². The number of hydrogen-bond acceptors (Lipinski definition) is 3. The van der Waals surface area contributed by atoms with Crippen LogP contribution >= 0.6 is 23.4 Å². The summed E-state index contributed by atoms with van der Waals surface area (Å²) < 4.78 is 0.123. The fourth-order valence-corrected chi connectivity index (χ4v) is 3.57. The van der Waals surface area contributed by atoms with E-state index >= 15 is 0 Å². The summed E-state index contributed by atoms with van der Waals surface area (Å²) in [6, 6.07) is 3.51. The molecule has 5 heteroatoms. The molecular formula is C14H19ClN2OS. The van der Waals surface area contributed by atoms with E-state index in [-0.39, 0.29) is 10.7 Å². The molecule has 1 fully saturated rings. The van der Waals surface area contributed by atoms with Gasteiger partial charge >= 0.3 is 0 Å². The Kier molecular flexibility index (Phi) is 4.41. The molecule has 0 bridgehead atoms. The Morgan fingerprint density at radius 2 is 2.26 bits per heavy atom. The van der Waals surface area contributed by atoms with Gasteiger partial charge in [-0.2, -0.15) is 11.8 Å². The third-order valence-corrected chi connectivity index (χ3v) is 4.66. The predicted octanol–water partition coefficient (Wildman–Crippen LogP) is 3.27. The molecule has 1 aromatic rings. The normalized spacial score (nSPS) is 18.4. The zero-order valence-corrected chi connectivity index (χ0v) is 13.1. The summed E-state index contributed by atoms with van der Waals surface area (Å²) in [5.41, 5.74) is 1.51. The van der Waals surface area contributed by atoms with Gasteiger partial charge in [-0.15, -0.1) is 0 Å². The number of halogens is 1. The van der Waals surface area contributed by atoms with Crippen LogP contribution < -0.4 is 0 Å². The van der Waals surface area contributed by atoms with Crippen molar-refractivity contribution in [1.82, 2.24) is 9.88 Å². The van der Waals surface area contributed by atoms with Crippen molar-refractivity contribution in [3.8, 4) is 0 Å². The van der Waals surface area contributed by atoms with E-state index in [0.717, 1.165) is 31.0 Å². The van der Waals surface area contributed by atoms with Gasteiger partial charge in [-0.1, -0.05) is 18.5 Å². The zero-order chi connectivity index (χ0) is 14.0. The average molecular weight is 299 g/mol. The maximum Gasteiger partial charge on any atom is 0.254 e. The lowest BCUT2D eigenvalue weighted by Crippen LogP contribution is -2.46. The van der Waals surface area contributed by atoms with Gasteiger partial charge in [0.05, 0.1) is 0 Å². The van der Waals surface area contributed by atoms with Crippen molar-refractivity contribution >= 4 is 29.3 Å². The second-order valence-corrected chi connectivity index (χ2v) is 7.55. The van der Waals surface area contributed by atoms with Crippen molar-refractivity contribution in [2.45, 2.75) is 31.9 Å². The molecule has 104 valence electrons. The molecule has 2 rings (SSSR count). The second-order valence-electron chi connectivity index (χ2n) is 5.36. The first kappa shape index (κ1) is 14.7. The number of carbonyl (C=O) groups is 1. The fourth-order valence-electron chi connectivity index (χ4n) is 2.23. The van der Waals surface area contributed by atoms with Crippen LogP contribution in [-0.2, 0) is 6.42 Å². The maximum atomic E-state index is 12.5. The smallest absolute Gasteiger partial charge is 0.254 e. The van der Waals surface area contributed by atoms with Crippen molar-refractivity contribution in [2.75, 3.05) is 18.8 Å². The van der Waals surface area contributed by atoms with Crippen LogP contribution in [-0.4, -0.2) is 39.4 Å². The van der Waals surface area contributed by atoms with Crippen LogP contribution in [0.25, 0.3) is 0 Å². The molecule has 0 aromatic carbocycles. The molecular weight excluding hydrogens is 280 g/mol. The zero-order valence-electron chi connectivity index (χ0n) is 11.6. The van der Waals surface area contributed by atoms with E-state index in [0.29, 0.717) is 10.7 Å². The van der Waals surface area contributed by atoms with E-state index in [9.17, 15) is 4.79 Å². The lowest BCUT2D eigenvalue weighted by atomic mass is 10.1. The average Bonchev–Trinajstić information content (AvgIpc) is 2.35. The highest BCUT2D eigenvalue weighted by Crippen LogP contribution is 2.30. The Labute approximate surface area is 123 Å². The number of amides is 1. The number of aromatic nitrogens is 1. The summed E-state index contributed by atoms with van der Waals surface area (Å²) in [6.07, 6.45) is 0.780. The fraction of sp³-hybridized carbons (Fsp3) is 0.571. The lowest BCUT2D eigenvalue weighted by molar-refractivity contribution is 0.0748. The van der Waals surface area contributed by atoms with E-state index in [1.54, 1.807) is 6.07 Å². The van der Waals surface area contributed by atoms with Crippen molar-refractivity contribution in [3.05, 3.63) is 28.5 Å². The standard InChI is InChI=1S/C14H19ClN2OS/c1-4-11-7-10(8-12(15)16-11)13(18)17-5-6-19-14(2,3)9-17/h7-8H,4-6,9H2,1-3H3. The van der Waals surface area contributed by atoms with Gasteiger partial charge in [0.2, 0.25) is 0 Å². The largest absolute Gasteiger partial charge is 0.336 e. The molecule has 3 nitrogen and oxygen atoms in total. The second kappa shape index (κ2) is 5.71. The highest BCUT2D eigenvalue weighted by Gasteiger charge is 2.30. The first-order valence-electron chi connectivity index (χ1n) is 6.51. The predicted molar refractivity (Wildman–Crippen MR) is 81.1 cm³/mol. The minimum atomic E-state index is 0.0624. The molecule has 0 N–H and O–H groups in total. The first-order valence-corrected chi connectivity index (χ1v) is 7.87. The van der Waals surface area contributed by atoms with Crippen molar-refractivity contribution in [1.29, 1.82) is 0 Å². The van der Waals surface area contributed by atoms with Crippen LogP contribution in [0.2, 0.25) is 5.15 Å². The number of pyridine rings is 1. The highest BCUT2D eigenvalue weighted by atomic mass is 35.5. The molecule has 1 amide bonds. The van der Waals surface area contributed by atoms with Gasteiger partial charge in [0, 0.05) is 34.8 Å². The van der Waals surface area contributed by atoms with E-state index in [1.807, 2.05) is 29.7 Å². The minimum absolute atomic E-state index is 0.0624. The molecule has 0 radical (unpaired) electrons. The van der Waals surface area contributed by atoms with Crippen LogP contribution in [0.5, 0.6) is 0 Å². The Bertz CT molecular complexity index is 490. The van der Waals surface area contributed by atoms with Crippen LogP contribution in [0.4, 0.5) is 0 Å². The molecule has 0 unspecified atom stereocenters. The SMILES string of the molecule is CCc1cc(C(=O)N2CCSC(C)(C)C2)cc(Cl)n1. The third-order valence-electron chi connectivity index (χ3n) is 3.17. The first-order chi connectivity index (χ1) is 8.91. The third kappa shape index (κ3) is 3.63. The van der Waals surface area contributed by atoms with E-state index in [2.05, 4.69) is 18.8 Å². The molecule has 1 aliphatic rings. The van der Waals surface area contributed by atoms with E-state index < -0.39 is 0 Å². The number of hydrogen-bond donors (Lipinski definition) is 0. The van der Waals surface area contributed by atoms with Gasteiger partial charge in [-0.25, -0.2) is 4.98 Å². The molecule has 1 saturated heterocycles. The van der Waals surface area contributed by atoms with E-state index in [1.165, 1.54) is 0 Å². The molecule has 0 aliphatic carbocycles. The van der Waals surface area contributed by atoms with Crippen molar-refractivity contribution in [3.63, 3.8) is 0 Å². The summed E-state index contributed by atoms with van der Waals surface area (Å²) in [4.78, 5) is 18.7. The summed E-state index contributed by atoms with van der Waals surface area (Å²) in [7, 11) is 0. The van der Waals surface area contributed by atoms with Gasteiger partial charge in [0.15, 0.2) is 0 Å². The van der Waals surface area contributed by atoms with Gasteiger partial charge < -0.3 is 4.90 Å². The number of rotatable bonds is 2. The Morgan fingerprint density at radius 1 is 1.53 bits per heavy atom. The summed E-state index contributed by atoms with van der Waals surface area (Å²) in [5.74, 6) is 1.05. The van der Waals surface area contributed by atoms with Crippen LogP contribution in [0.15, 0.2) is 12.1 Å². The summed E-state index contributed by atoms with van der Waals surface area (Å²) in [5, 5.41) is 0.397. The van der Waals surface area contributed by atoms with E-state index in [4.69, 9.17) is 11.6 Å². The van der Waals surface area contributed by atoms with Gasteiger partial charge in [0.1, 0.15) is 5.15 Å². The monoisotopic (exact) mass is 298 g/mol. The number of nitrogens with zero attached hydrogens (tertiary/aromatic N) is 2. The Balaban J connectivity index is 2.21. The van der Waals surface area contributed by atoms with Crippen LogP contribution in [0.3, 0.4) is 0 Å².